The van der Waals surface area contributed by atoms with Crippen molar-refractivity contribution in [2.24, 2.45) is 0 Å². The number of benzene rings is 1. The van der Waals surface area contributed by atoms with E-state index >= 15 is 0 Å². The van der Waals surface area contributed by atoms with Gasteiger partial charge in [0.25, 0.3) is 5.91 Å². The smallest absolute Gasteiger partial charge is 0.253 e. The number of carbonyl (C=O) groups is 1. The molecule has 1 atom stereocenters. The number of hydrogen-bond acceptors (Lipinski definition) is 5. The second-order valence-electron chi connectivity index (χ2n) is 8.01. The summed E-state index contributed by atoms with van der Waals surface area (Å²) in [5, 5.41) is 0.825. The van der Waals surface area contributed by atoms with Crippen LogP contribution in [0.25, 0.3) is 28.2 Å². The fourth-order valence-electron chi connectivity index (χ4n) is 4.11. The molecular formula is C24H23N5O2S. The van der Waals surface area contributed by atoms with Crippen molar-refractivity contribution in [2.75, 3.05) is 19.3 Å². The SMILES string of the molecule is Cc1ccnc(-c2ccnc(-n3cc(S(C)=O)c4ccc(C(=O)N5CCCC5)cc43)n2)c1. The number of carbonyl (C=O) groups excluding carboxylic acids is 1. The molecule has 1 fully saturated rings. The zero-order valence-corrected chi connectivity index (χ0v) is 18.8. The summed E-state index contributed by atoms with van der Waals surface area (Å²) in [4.78, 5) is 29.1. The maximum Gasteiger partial charge on any atom is 0.253 e. The van der Waals surface area contributed by atoms with E-state index in [1.807, 2.05) is 52.8 Å². The molecule has 8 heteroatoms. The molecule has 162 valence electrons. The van der Waals surface area contributed by atoms with Crippen molar-refractivity contribution in [3.8, 4) is 17.3 Å². The van der Waals surface area contributed by atoms with Crippen molar-refractivity contribution in [2.45, 2.75) is 24.7 Å². The van der Waals surface area contributed by atoms with Crippen LogP contribution in [0.3, 0.4) is 0 Å². The average Bonchev–Trinajstić information content (AvgIpc) is 3.47. The Bertz CT molecular complexity index is 1360. The van der Waals surface area contributed by atoms with Crippen molar-refractivity contribution in [1.29, 1.82) is 0 Å². The molecule has 4 aromatic rings. The van der Waals surface area contributed by atoms with Crippen molar-refractivity contribution in [3.63, 3.8) is 0 Å². The molecule has 0 radical (unpaired) electrons. The first kappa shape index (κ1) is 20.5. The number of likely N-dealkylation sites (tertiary alicyclic amines) is 1. The van der Waals surface area contributed by atoms with E-state index in [2.05, 4.69) is 9.97 Å². The standard InChI is InChI=1S/C24H23N5O2S/c1-16-7-9-25-20(13-16)19-8-10-26-24(27-19)29-15-22(32(2)31)18-6-5-17(14-21(18)29)23(30)28-11-3-4-12-28/h5-10,13-15H,3-4,11-12H2,1-2H3. The van der Waals surface area contributed by atoms with Crippen LogP contribution in [0.2, 0.25) is 0 Å². The summed E-state index contributed by atoms with van der Waals surface area (Å²) in [7, 11) is -1.20. The first-order valence-corrected chi connectivity index (χ1v) is 12.1. The summed E-state index contributed by atoms with van der Waals surface area (Å²) in [5.41, 5.74) is 3.92. The lowest BCUT2D eigenvalue weighted by Crippen LogP contribution is -2.27. The van der Waals surface area contributed by atoms with Gasteiger partial charge in [-0.15, -0.1) is 0 Å². The molecule has 0 aliphatic carbocycles. The van der Waals surface area contributed by atoms with Gasteiger partial charge in [-0.1, -0.05) is 6.07 Å². The highest BCUT2D eigenvalue weighted by molar-refractivity contribution is 7.84. The Labute approximate surface area is 188 Å². The first-order valence-electron chi connectivity index (χ1n) is 10.6. The Kier molecular flexibility index (Phi) is 5.30. The minimum absolute atomic E-state index is 0.0231. The van der Waals surface area contributed by atoms with Crippen LogP contribution in [0.4, 0.5) is 0 Å². The van der Waals surface area contributed by atoms with E-state index in [-0.39, 0.29) is 5.91 Å². The highest BCUT2D eigenvalue weighted by Crippen LogP contribution is 2.28. The Morgan fingerprint density at radius 3 is 2.53 bits per heavy atom. The van der Waals surface area contributed by atoms with Gasteiger partial charge in [-0.2, -0.15) is 0 Å². The number of aromatic nitrogens is 4. The van der Waals surface area contributed by atoms with Crippen molar-refractivity contribution in [3.05, 3.63) is 66.1 Å². The van der Waals surface area contributed by atoms with Crippen LogP contribution in [0.1, 0.15) is 28.8 Å². The zero-order valence-electron chi connectivity index (χ0n) is 18.0. The molecule has 1 saturated heterocycles. The van der Waals surface area contributed by atoms with E-state index in [0.717, 1.165) is 48.1 Å². The molecule has 1 unspecified atom stereocenters. The van der Waals surface area contributed by atoms with E-state index in [1.165, 1.54) is 0 Å². The molecule has 32 heavy (non-hydrogen) atoms. The molecule has 0 bridgehead atoms. The lowest BCUT2D eigenvalue weighted by atomic mass is 10.1. The summed E-state index contributed by atoms with van der Waals surface area (Å²) in [6.07, 6.45) is 8.97. The third-order valence-electron chi connectivity index (χ3n) is 5.76. The van der Waals surface area contributed by atoms with Crippen molar-refractivity contribution < 1.29 is 9.00 Å². The van der Waals surface area contributed by atoms with Gasteiger partial charge in [0.15, 0.2) is 0 Å². The quantitative estimate of drug-likeness (QED) is 0.478. The lowest BCUT2D eigenvalue weighted by Gasteiger charge is -2.15. The third kappa shape index (κ3) is 3.71. The summed E-state index contributed by atoms with van der Waals surface area (Å²) >= 11 is 0. The monoisotopic (exact) mass is 445 g/mol. The number of aryl methyl sites for hydroxylation is 1. The van der Waals surface area contributed by atoms with E-state index in [4.69, 9.17) is 4.98 Å². The molecule has 1 amide bonds. The van der Waals surface area contributed by atoms with Gasteiger partial charge < -0.3 is 4.90 Å². The van der Waals surface area contributed by atoms with E-state index in [0.29, 0.717) is 22.1 Å². The van der Waals surface area contributed by atoms with Gasteiger partial charge in [-0.3, -0.25) is 18.6 Å². The Balaban J connectivity index is 1.64. The van der Waals surface area contributed by atoms with E-state index in [9.17, 15) is 9.00 Å². The van der Waals surface area contributed by atoms with Gasteiger partial charge in [-0.05, 0) is 55.7 Å². The van der Waals surface area contributed by atoms with Gasteiger partial charge in [0.1, 0.15) is 0 Å². The summed E-state index contributed by atoms with van der Waals surface area (Å²) < 4.78 is 14.2. The molecular weight excluding hydrogens is 422 g/mol. The van der Waals surface area contributed by atoms with Gasteiger partial charge in [0.05, 0.1) is 32.6 Å². The maximum absolute atomic E-state index is 13.0. The van der Waals surface area contributed by atoms with Crippen molar-refractivity contribution >= 4 is 27.6 Å². The van der Waals surface area contributed by atoms with Crippen LogP contribution in [0.15, 0.2) is 59.9 Å². The van der Waals surface area contributed by atoms with E-state index in [1.54, 1.807) is 24.8 Å². The van der Waals surface area contributed by atoms with Crippen molar-refractivity contribution in [1.82, 2.24) is 24.4 Å². The number of nitrogens with zero attached hydrogens (tertiary/aromatic N) is 5. The number of hydrogen-bond donors (Lipinski definition) is 0. The highest BCUT2D eigenvalue weighted by Gasteiger charge is 2.22. The molecule has 1 aliphatic rings. The number of amides is 1. The second kappa shape index (κ2) is 8.27. The van der Waals surface area contributed by atoms with Crippen LogP contribution >= 0.6 is 0 Å². The van der Waals surface area contributed by atoms with E-state index < -0.39 is 10.8 Å². The number of rotatable bonds is 4. The molecule has 0 spiro atoms. The fraction of sp³-hybridized carbons (Fsp3) is 0.250. The Morgan fingerprint density at radius 1 is 1.00 bits per heavy atom. The number of fused-ring (bicyclic) bond motifs is 1. The Morgan fingerprint density at radius 2 is 1.78 bits per heavy atom. The molecule has 1 aromatic carbocycles. The largest absolute Gasteiger partial charge is 0.339 e. The minimum Gasteiger partial charge on any atom is -0.339 e. The summed E-state index contributed by atoms with van der Waals surface area (Å²) in [6.45, 7) is 3.59. The number of pyridine rings is 1. The van der Waals surface area contributed by atoms with Gasteiger partial charge in [-0.25, -0.2) is 9.97 Å². The average molecular weight is 446 g/mol. The van der Waals surface area contributed by atoms with Gasteiger partial charge >= 0.3 is 0 Å². The van der Waals surface area contributed by atoms with Crippen LogP contribution in [-0.4, -0.2) is 53.9 Å². The topological polar surface area (TPSA) is 81.0 Å². The van der Waals surface area contributed by atoms with Crippen LogP contribution in [0, 0.1) is 6.92 Å². The molecule has 5 rings (SSSR count). The maximum atomic E-state index is 13.0. The van der Waals surface area contributed by atoms with Crippen LogP contribution in [0.5, 0.6) is 0 Å². The molecule has 0 saturated carbocycles. The fourth-order valence-corrected chi connectivity index (χ4v) is 4.85. The predicted molar refractivity (Wildman–Crippen MR) is 124 cm³/mol. The first-order chi connectivity index (χ1) is 15.5. The van der Waals surface area contributed by atoms with Crippen LogP contribution in [-0.2, 0) is 10.8 Å². The molecule has 0 N–H and O–H groups in total. The van der Waals surface area contributed by atoms with Crippen LogP contribution < -0.4 is 0 Å². The normalized spacial score (nSPS) is 14.8. The summed E-state index contributed by atoms with van der Waals surface area (Å²) in [5.74, 6) is 0.466. The Hall–Kier alpha value is -3.39. The van der Waals surface area contributed by atoms with Gasteiger partial charge in [0, 0.05) is 48.9 Å². The zero-order chi connectivity index (χ0) is 22.2. The molecule has 3 aromatic heterocycles. The lowest BCUT2D eigenvalue weighted by molar-refractivity contribution is 0.0793. The minimum atomic E-state index is -1.20. The predicted octanol–water partition coefficient (Wildman–Crippen LogP) is 3.76. The second-order valence-corrected chi connectivity index (χ2v) is 9.36. The summed E-state index contributed by atoms with van der Waals surface area (Å²) in [6, 6.07) is 11.3. The molecule has 1 aliphatic heterocycles. The molecule has 7 nitrogen and oxygen atoms in total. The molecule has 4 heterocycles. The third-order valence-corrected chi connectivity index (χ3v) is 6.70. The van der Waals surface area contributed by atoms with Gasteiger partial charge in [0.2, 0.25) is 5.95 Å². The highest BCUT2D eigenvalue weighted by atomic mass is 32.2.